The molecule has 7 rings (SSSR count). The van der Waals surface area contributed by atoms with E-state index in [-0.39, 0.29) is 37.0 Å². The van der Waals surface area contributed by atoms with E-state index in [1.165, 1.54) is 23.5 Å². The van der Waals surface area contributed by atoms with E-state index in [2.05, 4.69) is 19.9 Å². The maximum atomic E-state index is 13.2. The van der Waals surface area contributed by atoms with Crippen molar-refractivity contribution in [3.05, 3.63) is 59.9 Å². The Hall–Kier alpha value is -3.66. The second-order valence-corrected chi connectivity index (χ2v) is 15.0. The minimum atomic E-state index is -4.80. The first kappa shape index (κ1) is 31.9. The van der Waals surface area contributed by atoms with E-state index in [1.54, 1.807) is 24.4 Å². The van der Waals surface area contributed by atoms with Crippen LogP contribution in [0.5, 0.6) is 5.75 Å². The number of para-hydroxylation sites is 1. The van der Waals surface area contributed by atoms with Crippen molar-refractivity contribution in [1.29, 1.82) is 0 Å². The molecule has 47 heavy (non-hydrogen) atoms. The van der Waals surface area contributed by atoms with E-state index < -0.39 is 28.1 Å². The van der Waals surface area contributed by atoms with Gasteiger partial charge in [0.25, 0.3) is 10.1 Å². The number of piperidine rings is 1. The Morgan fingerprint density at radius 2 is 1.83 bits per heavy atom. The Balaban J connectivity index is 1.04. The Morgan fingerprint density at radius 1 is 1.09 bits per heavy atom. The van der Waals surface area contributed by atoms with Crippen molar-refractivity contribution < 1.29 is 40.4 Å². The van der Waals surface area contributed by atoms with Crippen LogP contribution in [0.2, 0.25) is 0 Å². The molecular weight excluding hydrogens is 658 g/mol. The summed E-state index contributed by atoms with van der Waals surface area (Å²) in [4.78, 5) is 22.7. The molecule has 1 amide bonds. The van der Waals surface area contributed by atoms with Gasteiger partial charge in [0.05, 0.1) is 28.7 Å². The zero-order chi connectivity index (χ0) is 32.9. The SMILES string of the molecule is O=C(CCS(=O)(=O)O)Nc1ccc2nc(N3C4CCC3CC(OCc3c(-c5ccccc5OC(F)(F)F)c[nH]c3C3CC3)C4)sc2c1. The number of amides is 1. The highest BCUT2D eigenvalue weighted by atomic mass is 32.2. The number of aromatic amines is 1. The van der Waals surface area contributed by atoms with Gasteiger partial charge in [-0.05, 0) is 68.7 Å². The van der Waals surface area contributed by atoms with Crippen molar-refractivity contribution in [3.8, 4) is 16.9 Å². The molecule has 3 N–H and O–H groups in total. The lowest BCUT2D eigenvalue weighted by atomic mass is 9.99. The lowest BCUT2D eigenvalue weighted by Gasteiger charge is -2.38. The van der Waals surface area contributed by atoms with Crippen molar-refractivity contribution in [2.45, 2.75) is 82.0 Å². The van der Waals surface area contributed by atoms with Crippen LogP contribution in [0.4, 0.5) is 24.0 Å². The Bertz CT molecular complexity index is 1890. The molecule has 3 aliphatic rings. The van der Waals surface area contributed by atoms with Gasteiger partial charge in [-0.2, -0.15) is 8.42 Å². The summed E-state index contributed by atoms with van der Waals surface area (Å²) in [6.07, 6.45) is 2.26. The number of hydrogen-bond acceptors (Lipinski definition) is 8. The van der Waals surface area contributed by atoms with Crippen LogP contribution in [0.3, 0.4) is 0 Å². The van der Waals surface area contributed by atoms with E-state index in [9.17, 15) is 26.4 Å². The van der Waals surface area contributed by atoms with Gasteiger partial charge in [-0.1, -0.05) is 29.5 Å². The van der Waals surface area contributed by atoms with Crippen LogP contribution in [0.15, 0.2) is 48.7 Å². The fraction of sp³-hybridized carbons (Fsp3) is 0.438. The molecule has 2 aromatic carbocycles. The zero-order valence-corrected chi connectivity index (χ0v) is 26.8. The molecule has 10 nitrogen and oxygen atoms in total. The standard InChI is InChI=1S/C32H33F3N4O6S2/c33-32(34,35)45-27-4-2-1-3-23(27)24-16-36-30(18-5-6-18)25(24)17-44-22-14-20-8-9-21(15-22)39(20)31-38-26-10-7-19(13-28(26)46-31)37-29(40)11-12-47(41,42)43/h1-4,7,10,13,16,18,20-22,36H,5-6,8-9,11-12,14-15,17H2,(H,37,40)(H,41,42,43). The highest BCUT2D eigenvalue weighted by Gasteiger charge is 2.43. The lowest BCUT2D eigenvalue weighted by Crippen LogP contribution is -2.45. The number of anilines is 2. The van der Waals surface area contributed by atoms with Crippen LogP contribution >= 0.6 is 11.3 Å². The number of carbonyl (C=O) groups is 1. The van der Waals surface area contributed by atoms with Crippen LogP contribution in [0.25, 0.3) is 21.3 Å². The Morgan fingerprint density at radius 3 is 2.53 bits per heavy atom. The number of benzene rings is 2. The molecule has 2 aromatic heterocycles. The van der Waals surface area contributed by atoms with Crippen molar-refractivity contribution in [2.75, 3.05) is 16.0 Å². The van der Waals surface area contributed by atoms with Gasteiger partial charge >= 0.3 is 6.36 Å². The molecule has 0 radical (unpaired) electrons. The monoisotopic (exact) mass is 690 g/mol. The summed E-state index contributed by atoms with van der Waals surface area (Å²) in [5.41, 5.74) is 4.25. The largest absolute Gasteiger partial charge is 0.573 e. The summed E-state index contributed by atoms with van der Waals surface area (Å²) in [6, 6.07) is 12.0. The summed E-state index contributed by atoms with van der Waals surface area (Å²) in [5, 5.41) is 3.57. The number of thiazole rings is 1. The number of H-pyrrole nitrogens is 1. The number of halogens is 3. The third-order valence-corrected chi connectivity index (χ3v) is 10.8. The third-order valence-electron chi connectivity index (χ3n) is 9.03. The fourth-order valence-electron chi connectivity index (χ4n) is 6.83. The van der Waals surface area contributed by atoms with Gasteiger partial charge in [0, 0.05) is 52.8 Å². The first-order chi connectivity index (χ1) is 22.4. The molecule has 2 unspecified atom stereocenters. The van der Waals surface area contributed by atoms with Crippen molar-refractivity contribution >= 4 is 48.4 Å². The van der Waals surface area contributed by atoms with Crippen molar-refractivity contribution in [1.82, 2.24) is 9.97 Å². The summed E-state index contributed by atoms with van der Waals surface area (Å²) in [5.74, 6) is -1.05. The number of nitrogens with zero attached hydrogens (tertiary/aromatic N) is 2. The quantitative estimate of drug-likeness (QED) is 0.143. The molecule has 1 saturated carbocycles. The average molecular weight is 691 g/mol. The molecule has 1 aliphatic carbocycles. The van der Waals surface area contributed by atoms with Gasteiger partial charge in [0.15, 0.2) is 5.13 Å². The molecule has 0 spiro atoms. The predicted octanol–water partition coefficient (Wildman–Crippen LogP) is 7.00. The van der Waals surface area contributed by atoms with Crippen LogP contribution < -0.4 is 15.0 Å². The minimum absolute atomic E-state index is 0.0147. The lowest BCUT2D eigenvalue weighted by molar-refractivity contribution is -0.274. The second kappa shape index (κ2) is 12.4. The molecule has 15 heteroatoms. The Kier molecular flexibility index (Phi) is 8.43. The Labute approximate surface area is 273 Å². The summed E-state index contributed by atoms with van der Waals surface area (Å²) < 4.78 is 82.2. The van der Waals surface area contributed by atoms with Gasteiger partial charge in [-0.15, -0.1) is 13.2 Å². The van der Waals surface area contributed by atoms with Gasteiger partial charge in [0.1, 0.15) is 5.75 Å². The molecule has 2 bridgehead atoms. The summed E-state index contributed by atoms with van der Waals surface area (Å²) in [6.45, 7) is 0.287. The van der Waals surface area contributed by atoms with E-state index in [4.69, 9.17) is 14.3 Å². The number of alkyl halides is 3. The van der Waals surface area contributed by atoms with Crippen LogP contribution in [0.1, 0.15) is 62.1 Å². The molecule has 4 heterocycles. The summed E-state index contributed by atoms with van der Waals surface area (Å²) >= 11 is 1.53. The average Bonchev–Trinajstić information content (AvgIpc) is 3.53. The topological polar surface area (TPSA) is 134 Å². The third kappa shape index (κ3) is 7.27. The molecule has 3 fully saturated rings. The maximum absolute atomic E-state index is 13.2. The molecule has 2 aliphatic heterocycles. The normalized spacial score (nSPS) is 21.4. The van der Waals surface area contributed by atoms with Crippen molar-refractivity contribution in [3.63, 3.8) is 0 Å². The highest BCUT2D eigenvalue weighted by Crippen LogP contribution is 2.47. The van der Waals surface area contributed by atoms with E-state index in [1.807, 2.05) is 12.1 Å². The van der Waals surface area contributed by atoms with Crippen molar-refractivity contribution in [2.24, 2.45) is 0 Å². The van der Waals surface area contributed by atoms with Gasteiger partial charge < -0.3 is 24.7 Å². The molecule has 4 aromatic rings. The predicted molar refractivity (Wildman–Crippen MR) is 171 cm³/mol. The second-order valence-electron chi connectivity index (χ2n) is 12.4. The molecule has 250 valence electrons. The van der Waals surface area contributed by atoms with Crippen LogP contribution in [-0.4, -0.2) is 59.1 Å². The zero-order valence-electron chi connectivity index (χ0n) is 25.1. The molecule has 2 atom stereocenters. The van der Waals surface area contributed by atoms with Gasteiger partial charge in [-0.25, -0.2) is 4.98 Å². The van der Waals surface area contributed by atoms with Crippen LogP contribution in [0, 0.1) is 0 Å². The maximum Gasteiger partial charge on any atom is 0.573 e. The van der Waals surface area contributed by atoms with Gasteiger partial charge in [-0.3, -0.25) is 9.35 Å². The van der Waals surface area contributed by atoms with Gasteiger partial charge in [0.2, 0.25) is 5.91 Å². The summed E-state index contributed by atoms with van der Waals surface area (Å²) in [7, 11) is -4.23. The highest BCUT2D eigenvalue weighted by molar-refractivity contribution is 7.85. The number of nitrogens with one attached hydrogen (secondary N) is 2. The number of rotatable bonds is 11. The van der Waals surface area contributed by atoms with E-state index >= 15 is 0 Å². The number of carbonyl (C=O) groups excluding carboxylic acids is 1. The number of hydrogen-bond donors (Lipinski definition) is 3. The fourth-order valence-corrected chi connectivity index (χ4v) is 8.42. The number of aromatic nitrogens is 2. The van der Waals surface area contributed by atoms with E-state index in [0.29, 0.717) is 22.7 Å². The number of ether oxygens (including phenoxy) is 2. The first-order valence-electron chi connectivity index (χ1n) is 15.5. The smallest absolute Gasteiger partial charge is 0.405 e. The number of fused-ring (bicyclic) bond motifs is 3. The molecule has 2 saturated heterocycles. The minimum Gasteiger partial charge on any atom is -0.405 e. The first-order valence-corrected chi connectivity index (χ1v) is 17.9. The van der Waals surface area contributed by atoms with E-state index in [0.717, 1.165) is 65.1 Å². The molecular formula is C32H33F3N4O6S2. The van der Waals surface area contributed by atoms with Crippen LogP contribution in [-0.2, 0) is 26.3 Å².